The third-order valence-corrected chi connectivity index (χ3v) is 6.14. The van der Waals surface area contributed by atoms with Crippen LogP contribution in [0.4, 0.5) is 16.6 Å². The normalized spacial score (nSPS) is 20.2. The Morgan fingerprint density at radius 3 is 2.82 bits per heavy atom. The second kappa shape index (κ2) is 10.3. The van der Waals surface area contributed by atoms with Crippen LogP contribution >= 0.6 is 7.82 Å². The zero-order valence-electron chi connectivity index (χ0n) is 18.4. The van der Waals surface area contributed by atoms with Crippen molar-refractivity contribution in [2.75, 3.05) is 43.1 Å². The summed E-state index contributed by atoms with van der Waals surface area (Å²) in [7, 11) is -4.64. The van der Waals surface area contributed by atoms with Gasteiger partial charge in [0.15, 0.2) is 11.5 Å². The van der Waals surface area contributed by atoms with E-state index in [-0.39, 0.29) is 18.8 Å². The molecule has 4 rings (SSSR count). The maximum absolute atomic E-state index is 12.7. The number of aromatic nitrogens is 4. The van der Waals surface area contributed by atoms with Gasteiger partial charge in [-0.3, -0.25) is 4.52 Å². The number of nitrogens with one attached hydrogen (secondary N) is 1. The van der Waals surface area contributed by atoms with Crippen molar-refractivity contribution < 1.29 is 33.1 Å². The number of phosphoric acid groups is 1. The summed E-state index contributed by atoms with van der Waals surface area (Å²) in [5, 5.41) is 8.40. The highest BCUT2D eigenvalue weighted by Crippen LogP contribution is 2.35. The van der Waals surface area contributed by atoms with Crippen molar-refractivity contribution in [3.63, 3.8) is 0 Å². The van der Waals surface area contributed by atoms with Crippen molar-refractivity contribution in [2.24, 2.45) is 0 Å². The van der Waals surface area contributed by atoms with E-state index in [2.05, 4.69) is 24.9 Å². The van der Waals surface area contributed by atoms with Crippen molar-refractivity contribution in [2.45, 2.75) is 51.2 Å². The first-order valence-corrected chi connectivity index (χ1v) is 12.6. The third-order valence-electron chi connectivity index (χ3n) is 5.63. The Hall–Kier alpha value is -2.31. The molecule has 0 spiro atoms. The van der Waals surface area contributed by atoms with Crippen LogP contribution in [0.3, 0.4) is 0 Å². The van der Waals surface area contributed by atoms with Gasteiger partial charge in [0.05, 0.1) is 24.7 Å². The molecule has 13 nitrogen and oxygen atoms in total. The Labute approximate surface area is 190 Å². The molecule has 1 aliphatic heterocycles. The smallest absolute Gasteiger partial charge is 0.445 e. The summed E-state index contributed by atoms with van der Waals surface area (Å²) in [6.07, 6.45) is 6.44. The maximum atomic E-state index is 12.7. The van der Waals surface area contributed by atoms with E-state index >= 15 is 0 Å². The van der Waals surface area contributed by atoms with Gasteiger partial charge in [-0.2, -0.15) is 4.98 Å². The van der Waals surface area contributed by atoms with Crippen molar-refractivity contribution in [1.82, 2.24) is 19.7 Å². The zero-order chi connectivity index (χ0) is 23.4. The minimum absolute atomic E-state index is 0.00358. The molecule has 1 saturated heterocycles. The summed E-state index contributed by atoms with van der Waals surface area (Å²) >= 11 is 0. The molecule has 0 bridgehead atoms. The minimum atomic E-state index is -4.64. The summed E-state index contributed by atoms with van der Waals surface area (Å²) in [6.45, 7) is 2.88. The number of phosphoric ester groups is 1. The molecule has 3 heterocycles. The Balaban J connectivity index is 1.58. The van der Waals surface area contributed by atoms with E-state index in [4.69, 9.17) is 19.3 Å². The lowest BCUT2D eigenvalue weighted by molar-refractivity contribution is 0.0530. The fourth-order valence-corrected chi connectivity index (χ4v) is 4.42. The van der Waals surface area contributed by atoms with Crippen LogP contribution in [0, 0.1) is 0 Å². The first-order valence-electron chi connectivity index (χ1n) is 11.1. The standard InChI is InChI=1S/C19H29N6O7P/c1-13-12-24(7-8-30-13)17-15-11-20-18(21-14-5-3-2-4-6-14)22-16(15)25(23-17)19(26)31-9-10-32-33(27,28)29/h11,13-14H,2-10,12H2,1H3,(H,20,21,22)(H2,27,28,29)/t13-/m0/s1. The van der Waals surface area contributed by atoms with E-state index < -0.39 is 20.5 Å². The molecule has 0 unspecified atom stereocenters. The number of anilines is 2. The van der Waals surface area contributed by atoms with Crippen LogP contribution in [-0.2, 0) is 18.6 Å². The van der Waals surface area contributed by atoms with Gasteiger partial charge in [-0.05, 0) is 19.8 Å². The van der Waals surface area contributed by atoms with Gasteiger partial charge in [0.2, 0.25) is 5.95 Å². The van der Waals surface area contributed by atoms with Gasteiger partial charge < -0.3 is 29.5 Å². The van der Waals surface area contributed by atoms with Gasteiger partial charge in [-0.15, -0.1) is 9.78 Å². The SMILES string of the molecule is C[C@H]1CN(c2nn(C(=O)OCCOP(=O)(O)O)c3nc(NC4CCCCC4)ncc23)CCO1. The molecule has 2 fully saturated rings. The third kappa shape index (κ3) is 6.18. The molecule has 1 atom stereocenters. The number of rotatable bonds is 7. The van der Waals surface area contributed by atoms with Crippen LogP contribution in [0.5, 0.6) is 0 Å². The van der Waals surface area contributed by atoms with Crippen LogP contribution < -0.4 is 10.2 Å². The molecule has 3 N–H and O–H groups in total. The Bertz CT molecular complexity index is 1020. The van der Waals surface area contributed by atoms with Crippen LogP contribution in [0.2, 0.25) is 0 Å². The average molecular weight is 484 g/mol. The quantitative estimate of drug-likeness (QED) is 0.387. The highest BCUT2D eigenvalue weighted by Gasteiger charge is 2.26. The van der Waals surface area contributed by atoms with E-state index in [1.165, 1.54) is 6.42 Å². The lowest BCUT2D eigenvalue weighted by Crippen LogP contribution is -2.41. The van der Waals surface area contributed by atoms with Crippen molar-refractivity contribution in [3.8, 4) is 0 Å². The number of hydrogen-bond donors (Lipinski definition) is 3. The van der Waals surface area contributed by atoms with Gasteiger partial charge in [-0.25, -0.2) is 14.3 Å². The van der Waals surface area contributed by atoms with Crippen LogP contribution in [0.25, 0.3) is 11.0 Å². The minimum Gasteiger partial charge on any atom is -0.445 e. The molecule has 0 amide bonds. The van der Waals surface area contributed by atoms with Crippen LogP contribution in [-0.4, -0.2) is 80.7 Å². The largest absolute Gasteiger partial charge is 0.469 e. The van der Waals surface area contributed by atoms with Gasteiger partial charge in [-0.1, -0.05) is 19.3 Å². The van der Waals surface area contributed by atoms with E-state index in [9.17, 15) is 9.36 Å². The zero-order valence-corrected chi connectivity index (χ0v) is 19.3. The summed E-state index contributed by atoms with van der Waals surface area (Å²) < 4.78 is 26.9. The molecule has 2 aromatic rings. The fraction of sp³-hybridized carbons (Fsp3) is 0.684. The first-order chi connectivity index (χ1) is 15.8. The number of carbonyl (C=O) groups is 1. The molecule has 1 saturated carbocycles. The van der Waals surface area contributed by atoms with Crippen LogP contribution in [0.1, 0.15) is 39.0 Å². The molecule has 33 heavy (non-hydrogen) atoms. The number of nitrogens with zero attached hydrogens (tertiary/aromatic N) is 5. The van der Waals surface area contributed by atoms with Gasteiger partial charge in [0, 0.05) is 25.3 Å². The second-order valence-electron chi connectivity index (χ2n) is 8.21. The van der Waals surface area contributed by atoms with Crippen molar-refractivity contribution >= 4 is 36.7 Å². The second-order valence-corrected chi connectivity index (χ2v) is 9.45. The molecule has 0 aromatic carbocycles. The molecule has 0 radical (unpaired) electrons. The maximum Gasteiger partial charge on any atom is 0.469 e. The number of fused-ring (bicyclic) bond motifs is 1. The highest BCUT2D eigenvalue weighted by molar-refractivity contribution is 7.46. The van der Waals surface area contributed by atoms with Crippen molar-refractivity contribution in [3.05, 3.63) is 6.20 Å². The predicted molar refractivity (Wildman–Crippen MR) is 118 cm³/mol. The Morgan fingerprint density at radius 1 is 1.30 bits per heavy atom. The molecular weight excluding hydrogens is 455 g/mol. The lowest BCUT2D eigenvalue weighted by Gasteiger charge is -2.31. The van der Waals surface area contributed by atoms with Crippen molar-refractivity contribution in [1.29, 1.82) is 0 Å². The van der Waals surface area contributed by atoms with E-state index in [1.807, 2.05) is 11.8 Å². The summed E-state index contributed by atoms with van der Waals surface area (Å²) in [6, 6.07) is 0.281. The van der Waals surface area contributed by atoms with Gasteiger partial charge in [0.1, 0.15) is 6.61 Å². The molecule has 14 heteroatoms. The predicted octanol–water partition coefficient (Wildman–Crippen LogP) is 1.89. The number of ether oxygens (including phenoxy) is 2. The Kier molecular flexibility index (Phi) is 7.45. The van der Waals surface area contributed by atoms with E-state index in [0.29, 0.717) is 42.5 Å². The number of carbonyl (C=O) groups excluding carboxylic acids is 1. The molecule has 1 aliphatic carbocycles. The molecule has 182 valence electrons. The number of hydrogen-bond acceptors (Lipinski definition) is 10. The van der Waals surface area contributed by atoms with Gasteiger partial charge in [0.25, 0.3) is 0 Å². The van der Waals surface area contributed by atoms with E-state index in [1.54, 1.807) is 6.20 Å². The first kappa shape index (κ1) is 23.8. The van der Waals surface area contributed by atoms with E-state index in [0.717, 1.165) is 30.4 Å². The highest BCUT2D eigenvalue weighted by atomic mass is 31.2. The van der Waals surface area contributed by atoms with Gasteiger partial charge >= 0.3 is 13.9 Å². The summed E-state index contributed by atoms with van der Waals surface area (Å²) in [4.78, 5) is 41.3. The topological polar surface area (TPSA) is 161 Å². The fourth-order valence-electron chi connectivity index (χ4n) is 4.11. The monoisotopic (exact) mass is 484 g/mol. The number of morpholine rings is 1. The summed E-state index contributed by atoms with van der Waals surface area (Å²) in [5.74, 6) is 0.961. The Morgan fingerprint density at radius 2 is 2.09 bits per heavy atom. The molecule has 2 aliphatic rings. The lowest BCUT2D eigenvalue weighted by atomic mass is 9.96. The summed E-state index contributed by atoms with van der Waals surface area (Å²) in [5.41, 5.74) is 0.290. The average Bonchev–Trinajstić information content (AvgIpc) is 3.16. The molecular formula is C19H29N6O7P. The molecule has 2 aromatic heterocycles. The van der Waals surface area contributed by atoms with Crippen LogP contribution in [0.15, 0.2) is 6.20 Å².